The van der Waals surface area contributed by atoms with E-state index in [4.69, 9.17) is 37.4 Å². The van der Waals surface area contributed by atoms with Crippen LogP contribution in [0.3, 0.4) is 0 Å². The van der Waals surface area contributed by atoms with Crippen LogP contribution in [0.1, 0.15) is 12.5 Å². The molecular formula is C23H22Cl2N2O6S. The second kappa shape index (κ2) is 11.5. The van der Waals surface area contributed by atoms with E-state index in [9.17, 15) is 14.4 Å². The fourth-order valence-corrected chi connectivity index (χ4v) is 4.35. The van der Waals surface area contributed by atoms with Crippen molar-refractivity contribution in [1.29, 1.82) is 0 Å². The largest absolute Gasteiger partial charge is 0.493 e. The first-order chi connectivity index (χ1) is 16.2. The van der Waals surface area contributed by atoms with Gasteiger partial charge in [-0.25, -0.2) is 0 Å². The van der Waals surface area contributed by atoms with Crippen molar-refractivity contribution in [2.45, 2.75) is 13.0 Å². The average Bonchev–Trinajstić information content (AvgIpc) is 3.07. The van der Waals surface area contributed by atoms with Gasteiger partial charge in [-0.2, -0.15) is 0 Å². The molecule has 1 aliphatic heterocycles. The van der Waals surface area contributed by atoms with Crippen LogP contribution in [0, 0.1) is 0 Å². The number of methoxy groups -OCH3 is 2. The number of rotatable bonds is 9. The molecule has 11 heteroatoms. The lowest BCUT2D eigenvalue weighted by molar-refractivity contribution is -0.128. The predicted octanol–water partition coefficient (Wildman–Crippen LogP) is 4.63. The molecule has 3 rings (SSSR count). The Balaban J connectivity index is 1.56. The first-order valence-corrected chi connectivity index (χ1v) is 11.7. The maximum absolute atomic E-state index is 12.7. The van der Waals surface area contributed by atoms with Crippen molar-refractivity contribution in [2.75, 3.05) is 27.3 Å². The van der Waals surface area contributed by atoms with Gasteiger partial charge in [-0.05, 0) is 60.7 Å². The van der Waals surface area contributed by atoms with Crippen LogP contribution in [0.15, 0.2) is 41.3 Å². The number of carbonyl (C=O) groups is 3. The highest BCUT2D eigenvalue weighted by Gasteiger charge is 2.34. The topological polar surface area (TPSA) is 94.2 Å². The summed E-state index contributed by atoms with van der Waals surface area (Å²) in [7, 11) is 3.04. The van der Waals surface area contributed by atoms with Gasteiger partial charge in [0.2, 0.25) is 0 Å². The monoisotopic (exact) mass is 524 g/mol. The SMILES string of the molecule is COc1ccc(/C=C2/SC(=O)N(CCNC(=O)C(C)Oc3ccc(Cl)cc3Cl)C2=O)cc1OC. The normalized spacial score (nSPS) is 15.4. The lowest BCUT2D eigenvalue weighted by Gasteiger charge is -2.17. The van der Waals surface area contributed by atoms with Crippen LogP contribution in [-0.2, 0) is 9.59 Å². The highest BCUT2D eigenvalue weighted by atomic mass is 35.5. The fraction of sp³-hybridized carbons (Fsp3) is 0.261. The smallest absolute Gasteiger partial charge is 0.293 e. The number of hydrogen-bond acceptors (Lipinski definition) is 7. The summed E-state index contributed by atoms with van der Waals surface area (Å²) in [5.74, 6) is 0.532. The molecule has 1 saturated heterocycles. The Hall–Kier alpha value is -2.88. The molecule has 0 bridgehead atoms. The van der Waals surface area contributed by atoms with Gasteiger partial charge in [0.1, 0.15) is 5.75 Å². The minimum atomic E-state index is -0.849. The van der Waals surface area contributed by atoms with Gasteiger partial charge in [0.25, 0.3) is 17.1 Å². The zero-order chi connectivity index (χ0) is 24.8. The lowest BCUT2D eigenvalue weighted by atomic mass is 10.2. The number of imide groups is 1. The molecule has 0 saturated carbocycles. The first-order valence-electron chi connectivity index (χ1n) is 10.1. The Morgan fingerprint density at radius 3 is 2.47 bits per heavy atom. The highest BCUT2D eigenvalue weighted by molar-refractivity contribution is 8.18. The third-order valence-corrected chi connectivity index (χ3v) is 6.22. The number of thioether (sulfide) groups is 1. The van der Waals surface area contributed by atoms with Gasteiger partial charge in [0.05, 0.1) is 24.1 Å². The van der Waals surface area contributed by atoms with Crippen LogP contribution in [0.2, 0.25) is 10.0 Å². The molecule has 1 unspecified atom stereocenters. The zero-order valence-electron chi connectivity index (χ0n) is 18.6. The third kappa shape index (κ3) is 6.16. The van der Waals surface area contributed by atoms with Crippen molar-refractivity contribution in [1.82, 2.24) is 10.2 Å². The third-order valence-electron chi connectivity index (χ3n) is 4.78. The number of ether oxygens (including phenoxy) is 3. The number of hydrogen-bond donors (Lipinski definition) is 1. The van der Waals surface area contributed by atoms with Crippen LogP contribution < -0.4 is 19.5 Å². The van der Waals surface area contributed by atoms with Gasteiger partial charge in [0.15, 0.2) is 17.6 Å². The summed E-state index contributed by atoms with van der Waals surface area (Å²) in [5.41, 5.74) is 0.684. The summed E-state index contributed by atoms with van der Waals surface area (Å²) in [6, 6.07) is 9.86. The van der Waals surface area contributed by atoms with Crippen LogP contribution in [0.5, 0.6) is 17.2 Å². The first kappa shape index (κ1) is 25.7. The lowest BCUT2D eigenvalue weighted by Crippen LogP contribution is -2.41. The maximum Gasteiger partial charge on any atom is 0.293 e. The zero-order valence-corrected chi connectivity index (χ0v) is 20.9. The van der Waals surface area contributed by atoms with E-state index < -0.39 is 23.2 Å². The second-order valence-electron chi connectivity index (χ2n) is 7.07. The number of halogens is 2. The summed E-state index contributed by atoms with van der Waals surface area (Å²) in [5, 5.41) is 2.98. The Morgan fingerprint density at radius 1 is 1.09 bits per heavy atom. The van der Waals surface area contributed by atoms with E-state index in [2.05, 4.69) is 5.32 Å². The average molecular weight is 525 g/mol. The van der Waals surface area contributed by atoms with E-state index in [-0.39, 0.29) is 23.0 Å². The molecule has 1 fully saturated rings. The number of amides is 3. The van der Waals surface area contributed by atoms with Gasteiger partial charge >= 0.3 is 0 Å². The fourth-order valence-electron chi connectivity index (χ4n) is 3.04. The van der Waals surface area contributed by atoms with Crippen molar-refractivity contribution in [3.8, 4) is 17.2 Å². The second-order valence-corrected chi connectivity index (χ2v) is 8.91. The molecule has 0 aromatic heterocycles. The molecule has 1 heterocycles. The number of nitrogens with one attached hydrogen (secondary N) is 1. The van der Waals surface area contributed by atoms with Crippen molar-refractivity contribution >= 4 is 58.1 Å². The van der Waals surface area contributed by atoms with Crippen molar-refractivity contribution in [3.63, 3.8) is 0 Å². The van der Waals surface area contributed by atoms with E-state index in [1.807, 2.05) is 0 Å². The molecule has 0 aliphatic carbocycles. The van der Waals surface area contributed by atoms with Crippen molar-refractivity contribution in [2.24, 2.45) is 0 Å². The number of carbonyl (C=O) groups excluding carboxylic acids is 3. The molecule has 1 atom stereocenters. The molecule has 0 radical (unpaired) electrons. The van der Waals surface area contributed by atoms with Gasteiger partial charge in [0, 0.05) is 18.1 Å². The molecule has 3 amide bonds. The summed E-state index contributed by atoms with van der Waals surface area (Å²) in [6.45, 7) is 1.66. The van der Waals surface area contributed by atoms with Gasteiger partial charge < -0.3 is 19.5 Å². The van der Waals surface area contributed by atoms with E-state index in [0.717, 1.165) is 16.7 Å². The Labute approximate surface area is 211 Å². The van der Waals surface area contributed by atoms with Crippen LogP contribution in [0.4, 0.5) is 4.79 Å². The Bertz CT molecular complexity index is 1140. The molecule has 34 heavy (non-hydrogen) atoms. The van der Waals surface area contributed by atoms with Crippen LogP contribution >= 0.6 is 35.0 Å². The van der Waals surface area contributed by atoms with E-state index >= 15 is 0 Å². The number of nitrogens with zero attached hydrogens (tertiary/aromatic N) is 1. The molecular weight excluding hydrogens is 503 g/mol. The highest BCUT2D eigenvalue weighted by Crippen LogP contribution is 2.34. The predicted molar refractivity (Wildman–Crippen MR) is 132 cm³/mol. The van der Waals surface area contributed by atoms with Gasteiger partial charge in [-0.15, -0.1) is 0 Å². The van der Waals surface area contributed by atoms with Gasteiger partial charge in [-0.1, -0.05) is 29.3 Å². The molecule has 1 N–H and O–H groups in total. The minimum Gasteiger partial charge on any atom is -0.493 e. The van der Waals surface area contributed by atoms with Gasteiger partial charge in [-0.3, -0.25) is 19.3 Å². The van der Waals surface area contributed by atoms with Crippen molar-refractivity contribution < 1.29 is 28.6 Å². The molecule has 2 aromatic carbocycles. The molecule has 2 aromatic rings. The summed E-state index contributed by atoms with van der Waals surface area (Å²) >= 11 is 12.8. The van der Waals surface area contributed by atoms with Crippen LogP contribution in [0.25, 0.3) is 6.08 Å². The summed E-state index contributed by atoms with van der Waals surface area (Å²) < 4.78 is 16.0. The molecule has 1 aliphatic rings. The summed E-state index contributed by atoms with van der Waals surface area (Å²) in [4.78, 5) is 38.8. The van der Waals surface area contributed by atoms with E-state index in [1.165, 1.54) is 20.3 Å². The maximum atomic E-state index is 12.7. The van der Waals surface area contributed by atoms with E-state index in [0.29, 0.717) is 27.8 Å². The molecule has 180 valence electrons. The number of benzene rings is 2. The standard InChI is InChI=1S/C23H22Cl2N2O6S/c1-13(33-17-7-5-15(24)12-16(17)25)21(28)26-8-9-27-22(29)20(34-23(27)30)11-14-4-6-18(31-2)19(10-14)32-3/h4-7,10-13H,8-9H2,1-3H3,(H,26,28)/b20-11+. The molecule has 8 nitrogen and oxygen atoms in total. The van der Waals surface area contributed by atoms with E-state index in [1.54, 1.807) is 43.3 Å². The molecule has 0 spiro atoms. The summed E-state index contributed by atoms with van der Waals surface area (Å²) in [6.07, 6.45) is 0.760. The van der Waals surface area contributed by atoms with Crippen molar-refractivity contribution in [3.05, 3.63) is 56.9 Å². The van der Waals surface area contributed by atoms with Crippen LogP contribution in [-0.4, -0.2) is 55.4 Å². The minimum absolute atomic E-state index is 0.0219. The Morgan fingerprint density at radius 2 is 1.79 bits per heavy atom. The quantitative estimate of drug-likeness (QED) is 0.477. The Kier molecular flexibility index (Phi) is 8.71.